The Morgan fingerprint density at radius 3 is 2.30 bits per heavy atom. The Balaban J connectivity index is 0.000000810. The molecule has 1 aliphatic heterocycles. The zero-order chi connectivity index (χ0) is 6.91. The summed E-state index contributed by atoms with van der Waals surface area (Å²) in [5.41, 5.74) is 0.127. The molecule has 0 spiro atoms. The first-order valence-corrected chi connectivity index (χ1v) is 3.39. The van der Waals surface area contributed by atoms with Gasteiger partial charge in [-0.2, -0.15) is 0 Å². The SMILES string of the molecule is CC1(C)CCCN1C=O.Cl. The number of rotatable bonds is 1. The lowest BCUT2D eigenvalue weighted by atomic mass is 10.0. The van der Waals surface area contributed by atoms with Crippen molar-refractivity contribution in [3.63, 3.8) is 0 Å². The fourth-order valence-electron chi connectivity index (χ4n) is 1.32. The lowest BCUT2D eigenvalue weighted by molar-refractivity contribution is -0.120. The van der Waals surface area contributed by atoms with Crippen molar-refractivity contribution in [3.05, 3.63) is 0 Å². The molecule has 1 saturated heterocycles. The maximum Gasteiger partial charge on any atom is 0.210 e. The Hall–Kier alpha value is -0.240. The van der Waals surface area contributed by atoms with E-state index in [0.717, 1.165) is 25.8 Å². The van der Waals surface area contributed by atoms with E-state index in [9.17, 15) is 4.79 Å². The van der Waals surface area contributed by atoms with Gasteiger partial charge in [0, 0.05) is 12.1 Å². The molecule has 0 aliphatic carbocycles. The molecular formula is C7H14ClNO. The highest BCUT2D eigenvalue weighted by atomic mass is 35.5. The molecule has 1 aliphatic rings. The zero-order valence-corrected chi connectivity index (χ0v) is 7.28. The molecule has 1 rings (SSSR count). The number of nitrogens with zero attached hydrogens (tertiary/aromatic N) is 1. The number of carbonyl (C=O) groups excluding carboxylic acids is 1. The molecule has 0 aromatic heterocycles. The normalized spacial score (nSPS) is 22.0. The molecule has 0 unspecified atom stereocenters. The summed E-state index contributed by atoms with van der Waals surface area (Å²) in [4.78, 5) is 12.2. The number of halogens is 1. The van der Waals surface area contributed by atoms with E-state index in [1.54, 1.807) is 0 Å². The summed E-state index contributed by atoms with van der Waals surface area (Å²) in [6.07, 6.45) is 3.25. The third-order valence-electron chi connectivity index (χ3n) is 2.09. The molecule has 0 aromatic carbocycles. The average Bonchev–Trinajstić information content (AvgIpc) is 2.08. The molecule has 1 heterocycles. The van der Waals surface area contributed by atoms with E-state index >= 15 is 0 Å². The van der Waals surface area contributed by atoms with E-state index in [-0.39, 0.29) is 17.9 Å². The summed E-state index contributed by atoms with van der Waals surface area (Å²) >= 11 is 0. The van der Waals surface area contributed by atoms with E-state index in [1.165, 1.54) is 0 Å². The van der Waals surface area contributed by atoms with Crippen LogP contribution in [0.4, 0.5) is 0 Å². The van der Waals surface area contributed by atoms with Crippen LogP contribution in [0.1, 0.15) is 26.7 Å². The van der Waals surface area contributed by atoms with Crippen molar-refractivity contribution in [3.8, 4) is 0 Å². The molecule has 1 fully saturated rings. The van der Waals surface area contributed by atoms with Crippen molar-refractivity contribution in [2.45, 2.75) is 32.2 Å². The fraction of sp³-hybridized carbons (Fsp3) is 0.857. The molecule has 0 radical (unpaired) electrons. The molecular weight excluding hydrogens is 150 g/mol. The fourth-order valence-corrected chi connectivity index (χ4v) is 1.32. The van der Waals surface area contributed by atoms with E-state index in [1.807, 2.05) is 4.90 Å². The van der Waals surface area contributed by atoms with Gasteiger partial charge in [-0.3, -0.25) is 4.79 Å². The number of carbonyl (C=O) groups is 1. The average molecular weight is 164 g/mol. The largest absolute Gasteiger partial charge is 0.340 e. The van der Waals surface area contributed by atoms with Gasteiger partial charge in [-0.25, -0.2) is 0 Å². The van der Waals surface area contributed by atoms with E-state index in [4.69, 9.17) is 0 Å². The van der Waals surface area contributed by atoms with Crippen LogP contribution in [-0.2, 0) is 4.79 Å². The molecule has 60 valence electrons. The molecule has 3 heteroatoms. The molecule has 0 N–H and O–H groups in total. The second kappa shape index (κ2) is 3.24. The van der Waals surface area contributed by atoms with Crippen molar-refractivity contribution in [1.29, 1.82) is 0 Å². The zero-order valence-electron chi connectivity index (χ0n) is 6.46. The summed E-state index contributed by atoms with van der Waals surface area (Å²) in [6.45, 7) is 5.15. The second-order valence-electron chi connectivity index (χ2n) is 3.21. The molecule has 2 nitrogen and oxygen atoms in total. The van der Waals surface area contributed by atoms with Gasteiger partial charge in [-0.15, -0.1) is 12.4 Å². The van der Waals surface area contributed by atoms with Crippen LogP contribution >= 0.6 is 12.4 Å². The quantitative estimate of drug-likeness (QED) is 0.536. The summed E-state index contributed by atoms with van der Waals surface area (Å²) in [6, 6.07) is 0. The number of likely N-dealkylation sites (tertiary alicyclic amines) is 1. The summed E-state index contributed by atoms with van der Waals surface area (Å²) in [5, 5.41) is 0. The minimum atomic E-state index is 0. The molecule has 0 aromatic rings. The number of amides is 1. The van der Waals surface area contributed by atoms with Crippen LogP contribution in [0.25, 0.3) is 0 Å². The first-order valence-electron chi connectivity index (χ1n) is 3.39. The number of hydrogen-bond donors (Lipinski definition) is 0. The highest BCUT2D eigenvalue weighted by Crippen LogP contribution is 2.25. The standard InChI is InChI=1S/C7H13NO.ClH/c1-7(2)4-3-5-8(7)6-9;/h6H,3-5H2,1-2H3;1H. The topological polar surface area (TPSA) is 20.3 Å². The Morgan fingerprint density at radius 1 is 1.50 bits per heavy atom. The Morgan fingerprint density at radius 2 is 2.10 bits per heavy atom. The van der Waals surface area contributed by atoms with Gasteiger partial charge in [0.1, 0.15) is 0 Å². The van der Waals surface area contributed by atoms with Crippen molar-refractivity contribution in [1.82, 2.24) is 4.90 Å². The van der Waals surface area contributed by atoms with E-state index < -0.39 is 0 Å². The minimum Gasteiger partial charge on any atom is -0.340 e. The lowest BCUT2D eigenvalue weighted by Crippen LogP contribution is -2.36. The highest BCUT2D eigenvalue weighted by Gasteiger charge is 2.30. The van der Waals surface area contributed by atoms with Gasteiger partial charge in [-0.05, 0) is 26.7 Å². The molecule has 0 bridgehead atoms. The molecule has 0 atom stereocenters. The number of hydrogen-bond acceptors (Lipinski definition) is 1. The Labute approximate surface area is 68.0 Å². The summed E-state index contributed by atoms with van der Waals surface area (Å²) in [5.74, 6) is 0. The Bertz CT molecular complexity index is 125. The predicted octanol–water partition coefficient (Wildman–Crippen LogP) is 1.44. The maximum absolute atomic E-state index is 10.3. The first-order chi connectivity index (χ1) is 4.17. The van der Waals surface area contributed by atoms with Crippen LogP contribution in [0.3, 0.4) is 0 Å². The maximum atomic E-state index is 10.3. The van der Waals surface area contributed by atoms with Crippen LogP contribution in [-0.4, -0.2) is 23.4 Å². The van der Waals surface area contributed by atoms with Crippen molar-refractivity contribution >= 4 is 18.8 Å². The molecule has 1 amide bonds. The van der Waals surface area contributed by atoms with Gasteiger partial charge in [-0.1, -0.05) is 0 Å². The minimum absolute atomic E-state index is 0. The van der Waals surface area contributed by atoms with Gasteiger partial charge in [0.2, 0.25) is 6.41 Å². The third-order valence-corrected chi connectivity index (χ3v) is 2.09. The van der Waals surface area contributed by atoms with Crippen LogP contribution in [0.15, 0.2) is 0 Å². The van der Waals surface area contributed by atoms with E-state index in [0.29, 0.717) is 0 Å². The molecule has 10 heavy (non-hydrogen) atoms. The van der Waals surface area contributed by atoms with Gasteiger partial charge < -0.3 is 4.90 Å². The third kappa shape index (κ3) is 1.63. The van der Waals surface area contributed by atoms with Crippen LogP contribution in [0.2, 0.25) is 0 Å². The summed E-state index contributed by atoms with van der Waals surface area (Å²) < 4.78 is 0. The van der Waals surface area contributed by atoms with Gasteiger partial charge >= 0.3 is 0 Å². The van der Waals surface area contributed by atoms with Crippen molar-refractivity contribution in [2.24, 2.45) is 0 Å². The smallest absolute Gasteiger partial charge is 0.210 e. The lowest BCUT2D eigenvalue weighted by Gasteiger charge is -2.27. The Kier molecular flexibility index (Phi) is 3.16. The van der Waals surface area contributed by atoms with Gasteiger partial charge in [0.25, 0.3) is 0 Å². The highest BCUT2D eigenvalue weighted by molar-refractivity contribution is 5.85. The van der Waals surface area contributed by atoms with Gasteiger partial charge in [0.15, 0.2) is 0 Å². The molecule has 0 saturated carbocycles. The van der Waals surface area contributed by atoms with Crippen molar-refractivity contribution < 1.29 is 4.79 Å². The first kappa shape index (κ1) is 9.76. The van der Waals surface area contributed by atoms with Crippen LogP contribution in [0.5, 0.6) is 0 Å². The van der Waals surface area contributed by atoms with Crippen LogP contribution in [0, 0.1) is 0 Å². The van der Waals surface area contributed by atoms with Crippen molar-refractivity contribution in [2.75, 3.05) is 6.54 Å². The van der Waals surface area contributed by atoms with Crippen LogP contribution < -0.4 is 0 Å². The van der Waals surface area contributed by atoms with E-state index in [2.05, 4.69) is 13.8 Å². The second-order valence-corrected chi connectivity index (χ2v) is 3.21. The summed E-state index contributed by atoms with van der Waals surface area (Å²) in [7, 11) is 0. The van der Waals surface area contributed by atoms with Gasteiger partial charge in [0.05, 0.1) is 0 Å². The monoisotopic (exact) mass is 163 g/mol. The predicted molar refractivity (Wildman–Crippen MR) is 43.3 cm³/mol.